The molecule has 0 spiro atoms. The van der Waals surface area contributed by atoms with Crippen molar-refractivity contribution in [2.45, 2.75) is 25.7 Å². The van der Waals surface area contributed by atoms with Crippen molar-refractivity contribution in [3.63, 3.8) is 0 Å². The van der Waals surface area contributed by atoms with E-state index in [9.17, 15) is 0 Å². The Morgan fingerprint density at radius 3 is 2.70 bits per heavy atom. The summed E-state index contributed by atoms with van der Waals surface area (Å²) >= 11 is 0. The molecular weight excluding hydrogens is 124 g/mol. The van der Waals surface area contributed by atoms with Gasteiger partial charge in [-0.1, -0.05) is 12.8 Å². The van der Waals surface area contributed by atoms with Crippen LogP contribution in [0.2, 0.25) is 0 Å². The molecule has 1 N–H and O–H groups in total. The van der Waals surface area contributed by atoms with Crippen LogP contribution in [0.25, 0.3) is 0 Å². The van der Waals surface area contributed by atoms with Crippen molar-refractivity contribution in [2.75, 3.05) is 13.1 Å². The van der Waals surface area contributed by atoms with Crippen molar-refractivity contribution in [3.8, 4) is 6.07 Å². The highest BCUT2D eigenvalue weighted by Gasteiger charge is 2.13. The van der Waals surface area contributed by atoms with Crippen molar-refractivity contribution >= 4 is 0 Å². The number of nitrogens with zero attached hydrogens (tertiary/aromatic N) is 1. The van der Waals surface area contributed by atoms with Gasteiger partial charge in [0.15, 0.2) is 0 Å². The minimum absolute atomic E-state index is 0.510. The van der Waals surface area contributed by atoms with E-state index >= 15 is 0 Å². The summed E-state index contributed by atoms with van der Waals surface area (Å²) in [6, 6.07) is 2.08. The van der Waals surface area contributed by atoms with Gasteiger partial charge < -0.3 is 5.32 Å². The summed E-state index contributed by atoms with van der Waals surface area (Å²) in [6.45, 7) is 1.56. The summed E-state index contributed by atoms with van der Waals surface area (Å²) in [5.74, 6) is 0.855. The predicted molar refractivity (Wildman–Crippen MR) is 40.4 cm³/mol. The molecule has 0 amide bonds. The van der Waals surface area contributed by atoms with E-state index in [0.29, 0.717) is 6.54 Å². The molecule has 10 heavy (non-hydrogen) atoms. The van der Waals surface area contributed by atoms with Gasteiger partial charge in [-0.25, -0.2) is 0 Å². The maximum absolute atomic E-state index is 8.23. The first kappa shape index (κ1) is 7.56. The van der Waals surface area contributed by atoms with Crippen LogP contribution in [0.4, 0.5) is 0 Å². The first-order valence-corrected chi connectivity index (χ1v) is 4.01. The van der Waals surface area contributed by atoms with E-state index < -0.39 is 0 Å². The lowest BCUT2D eigenvalue weighted by molar-refractivity contribution is 0.506. The Hall–Kier alpha value is -0.550. The van der Waals surface area contributed by atoms with E-state index in [2.05, 4.69) is 11.4 Å². The fraction of sp³-hybridized carbons (Fsp3) is 0.875. The quantitative estimate of drug-likeness (QED) is 0.471. The van der Waals surface area contributed by atoms with Gasteiger partial charge in [0.1, 0.15) is 0 Å². The first-order valence-electron chi connectivity index (χ1n) is 4.01. The average Bonchev–Trinajstić information content (AvgIpc) is 2.41. The molecule has 0 aromatic heterocycles. The molecule has 0 bridgehead atoms. The second-order valence-corrected chi connectivity index (χ2v) is 2.94. The number of nitriles is 1. The molecule has 0 radical (unpaired) electrons. The summed E-state index contributed by atoms with van der Waals surface area (Å²) in [5, 5.41) is 11.3. The third-order valence-electron chi connectivity index (χ3n) is 2.11. The molecule has 56 valence electrons. The van der Waals surface area contributed by atoms with Crippen molar-refractivity contribution in [3.05, 3.63) is 0 Å². The van der Waals surface area contributed by atoms with E-state index in [4.69, 9.17) is 5.26 Å². The lowest BCUT2D eigenvalue weighted by Crippen LogP contribution is -2.21. The van der Waals surface area contributed by atoms with Crippen molar-refractivity contribution in [1.29, 1.82) is 5.26 Å². The molecule has 2 nitrogen and oxygen atoms in total. The standard InChI is InChI=1S/C8H14N2/c9-5-6-10-7-8-3-1-2-4-8/h8,10H,1-4,6-7H2. The number of nitrogens with one attached hydrogen (secondary N) is 1. The monoisotopic (exact) mass is 138 g/mol. The molecule has 0 atom stereocenters. The van der Waals surface area contributed by atoms with Crippen molar-refractivity contribution in [1.82, 2.24) is 5.32 Å². The summed E-state index contributed by atoms with van der Waals surface area (Å²) in [6.07, 6.45) is 5.49. The largest absolute Gasteiger partial charge is 0.304 e. The molecular formula is C8H14N2. The maximum atomic E-state index is 8.23. The van der Waals surface area contributed by atoms with Crippen LogP contribution in [0, 0.1) is 17.2 Å². The number of hydrogen-bond donors (Lipinski definition) is 1. The topological polar surface area (TPSA) is 35.8 Å². The van der Waals surface area contributed by atoms with E-state index in [0.717, 1.165) is 12.5 Å². The van der Waals surface area contributed by atoms with Gasteiger partial charge >= 0.3 is 0 Å². The van der Waals surface area contributed by atoms with Crippen LogP contribution in [-0.2, 0) is 0 Å². The van der Waals surface area contributed by atoms with Gasteiger partial charge in [0, 0.05) is 0 Å². The fourth-order valence-electron chi connectivity index (χ4n) is 1.55. The van der Waals surface area contributed by atoms with E-state index in [1.165, 1.54) is 25.7 Å². The summed E-state index contributed by atoms with van der Waals surface area (Å²) in [5.41, 5.74) is 0. The van der Waals surface area contributed by atoms with Gasteiger partial charge in [-0.2, -0.15) is 5.26 Å². The summed E-state index contributed by atoms with van der Waals surface area (Å²) in [4.78, 5) is 0. The molecule has 0 aromatic carbocycles. The zero-order chi connectivity index (χ0) is 7.23. The lowest BCUT2D eigenvalue weighted by Gasteiger charge is -2.06. The molecule has 1 rings (SSSR count). The second kappa shape index (κ2) is 4.29. The van der Waals surface area contributed by atoms with E-state index in [1.54, 1.807) is 0 Å². The Bertz CT molecular complexity index is 120. The van der Waals surface area contributed by atoms with Crippen LogP contribution in [0.5, 0.6) is 0 Å². The normalized spacial score (nSPS) is 19.1. The van der Waals surface area contributed by atoms with Crippen LogP contribution in [0.3, 0.4) is 0 Å². The predicted octanol–water partition coefficient (Wildman–Crippen LogP) is 1.29. The molecule has 0 heterocycles. The highest BCUT2D eigenvalue weighted by Crippen LogP contribution is 2.23. The molecule has 0 aromatic rings. The van der Waals surface area contributed by atoms with Gasteiger partial charge in [-0.15, -0.1) is 0 Å². The average molecular weight is 138 g/mol. The van der Waals surface area contributed by atoms with Gasteiger partial charge in [0.25, 0.3) is 0 Å². The Morgan fingerprint density at radius 1 is 1.40 bits per heavy atom. The maximum Gasteiger partial charge on any atom is 0.0841 e. The molecule has 0 aliphatic heterocycles. The zero-order valence-corrected chi connectivity index (χ0v) is 6.27. The van der Waals surface area contributed by atoms with Gasteiger partial charge in [-0.3, -0.25) is 0 Å². The van der Waals surface area contributed by atoms with Gasteiger partial charge in [-0.05, 0) is 25.3 Å². The highest BCUT2D eigenvalue weighted by molar-refractivity contribution is 4.76. The minimum atomic E-state index is 0.510. The first-order chi connectivity index (χ1) is 4.93. The third kappa shape index (κ3) is 2.36. The fourth-order valence-corrected chi connectivity index (χ4v) is 1.55. The molecule has 0 unspecified atom stereocenters. The van der Waals surface area contributed by atoms with Gasteiger partial charge in [0.2, 0.25) is 0 Å². The Kier molecular flexibility index (Phi) is 3.25. The molecule has 1 saturated carbocycles. The van der Waals surface area contributed by atoms with Crippen LogP contribution in [0.15, 0.2) is 0 Å². The minimum Gasteiger partial charge on any atom is -0.304 e. The van der Waals surface area contributed by atoms with Crippen LogP contribution < -0.4 is 5.32 Å². The molecule has 0 saturated heterocycles. The Labute approximate surface area is 62.2 Å². The third-order valence-corrected chi connectivity index (χ3v) is 2.11. The summed E-state index contributed by atoms with van der Waals surface area (Å²) in [7, 11) is 0. The molecule has 1 fully saturated rings. The smallest absolute Gasteiger partial charge is 0.0841 e. The molecule has 1 aliphatic rings. The highest BCUT2D eigenvalue weighted by atomic mass is 14.9. The van der Waals surface area contributed by atoms with Gasteiger partial charge in [0.05, 0.1) is 12.6 Å². The van der Waals surface area contributed by atoms with E-state index in [1.807, 2.05) is 0 Å². The summed E-state index contributed by atoms with van der Waals surface area (Å²) < 4.78 is 0. The zero-order valence-electron chi connectivity index (χ0n) is 6.27. The van der Waals surface area contributed by atoms with E-state index in [-0.39, 0.29) is 0 Å². The van der Waals surface area contributed by atoms with Crippen molar-refractivity contribution < 1.29 is 0 Å². The SMILES string of the molecule is N#CCNCC1CCCC1. The Morgan fingerprint density at radius 2 is 2.10 bits per heavy atom. The van der Waals surface area contributed by atoms with Crippen LogP contribution in [0.1, 0.15) is 25.7 Å². The molecule has 1 aliphatic carbocycles. The van der Waals surface area contributed by atoms with Crippen LogP contribution >= 0.6 is 0 Å². The van der Waals surface area contributed by atoms with Crippen LogP contribution in [-0.4, -0.2) is 13.1 Å². The number of rotatable bonds is 3. The lowest BCUT2D eigenvalue weighted by atomic mass is 10.1. The number of hydrogen-bond acceptors (Lipinski definition) is 2. The van der Waals surface area contributed by atoms with Crippen molar-refractivity contribution in [2.24, 2.45) is 5.92 Å². The molecule has 2 heteroatoms. The Balaban J connectivity index is 1.97. The second-order valence-electron chi connectivity index (χ2n) is 2.94.